The number of hydrogen-bond acceptors (Lipinski definition) is 3. The Morgan fingerprint density at radius 3 is 2.66 bits per heavy atom. The molecule has 0 aliphatic carbocycles. The molecular formula is C23H24N3O2S+. The molecule has 0 radical (unpaired) electrons. The molecule has 2 atom stereocenters. The van der Waals surface area contributed by atoms with Crippen LogP contribution in [0.4, 0.5) is 11.4 Å². The summed E-state index contributed by atoms with van der Waals surface area (Å²) in [5.74, 6) is -0.0658. The summed E-state index contributed by atoms with van der Waals surface area (Å²) < 4.78 is 0. The lowest BCUT2D eigenvalue weighted by Crippen LogP contribution is -2.88. The highest BCUT2D eigenvalue weighted by Crippen LogP contribution is 2.31. The zero-order chi connectivity index (χ0) is 20.2. The van der Waals surface area contributed by atoms with Crippen LogP contribution in [0.3, 0.4) is 0 Å². The number of benzene rings is 2. The molecule has 6 heteroatoms. The topological polar surface area (TPSA) is 66.0 Å². The van der Waals surface area contributed by atoms with Crippen molar-refractivity contribution in [3.05, 3.63) is 82.6 Å². The van der Waals surface area contributed by atoms with Gasteiger partial charge in [-0.25, -0.2) is 0 Å². The van der Waals surface area contributed by atoms with E-state index in [1.54, 1.807) is 16.2 Å². The van der Waals surface area contributed by atoms with Gasteiger partial charge in [0.2, 0.25) is 5.91 Å². The molecule has 1 aromatic heterocycles. The summed E-state index contributed by atoms with van der Waals surface area (Å²) in [4.78, 5) is 28.4. The molecule has 0 saturated heterocycles. The van der Waals surface area contributed by atoms with Gasteiger partial charge in [0.25, 0.3) is 5.91 Å². The summed E-state index contributed by atoms with van der Waals surface area (Å²) in [5, 5.41) is 7.05. The molecule has 2 aromatic carbocycles. The lowest BCUT2D eigenvalue weighted by molar-refractivity contribution is -0.676. The van der Waals surface area contributed by atoms with Gasteiger partial charge in [0.15, 0.2) is 6.54 Å². The van der Waals surface area contributed by atoms with E-state index in [4.69, 9.17) is 0 Å². The normalized spacial score (nSPS) is 17.2. The highest BCUT2D eigenvalue weighted by atomic mass is 32.1. The number of quaternary nitrogens is 1. The van der Waals surface area contributed by atoms with Crippen molar-refractivity contribution >= 4 is 34.5 Å². The SMILES string of the molecule is C[C@H]1CC(=O)Nc2ccccc2N1C(=O)C[NH2+][C@@H](c1ccccc1)c1cccs1. The molecule has 0 saturated carbocycles. The average molecular weight is 407 g/mol. The smallest absolute Gasteiger partial charge is 0.282 e. The number of rotatable bonds is 5. The largest absolute Gasteiger partial charge is 0.328 e. The minimum Gasteiger partial charge on any atom is -0.328 e. The van der Waals surface area contributed by atoms with Crippen molar-refractivity contribution in [1.82, 2.24) is 0 Å². The molecule has 2 heterocycles. The Bertz CT molecular complexity index is 988. The monoisotopic (exact) mass is 406 g/mol. The average Bonchev–Trinajstić information content (AvgIpc) is 3.20. The van der Waals surface area contributed by atoms with Gasteiger partial charge in [0, 0.05) is 18.0 Å². The molecule has 0 bridgehead atoms. The van der Waals surface area contributed by atoms with Gasteiger partial charge < -0.3 is 15.5 Å². The van der Waals surface area contributed by atoms with E-state index in [0.717, 1.165) is 5.69 Å². The van der Waals surface area contributed by atoms with Crippen molar-refractivity contribution in [2.24, 2.45) is 0 Å². The first-order valence-electron chi connectivity index (χ1n) is 9.76. The van der Waals surface area contributed by atoms with Crippen molar-refractivity contribution in [2.75, 3.05) is 16.8 Å². The van der Waals surface area contributed by atoms with Crippen LogP contribution in [0.1, 0.15) is 29.8 Å². The summed E-state index contributed by atoms with van der Waals surface area (Å²) in [6, 6.07) is 21.7. The quantitative estimate of drug-likeness (QED) is 0.684. The third-order valence-electron chi connectivity index (χ3n) is 5.16. The van der Waals surface area contributed by atoms with Crippen molar-refractivity contribution < 1.29 is 14.9 Å². The third kappa shape index (κ3) is 4.23. The van der Waals surface area contributed by atoms with E-state index >= 15 is 0 Å². The first-order chi connectivity index (χ1) is 14.1. The van der Waals surface area contributed by atoms with E-state index < -0.39 is 0 Å². The zero-order valence-electron chi connectivity index (χ0n) is 16.2. The van der Waals surface area contributed by atoms with Gasteiger partial charge in [0.1, 0.15) is 6.04 Å². The lowest BCUT2D eigenvalue weighted by atomic mass is 10.1. The van der Waals surface area contributed by atoms with Crippen LogP contribution in [0.15, 0.2) is 72.1 Å². The van der Waals surface area contributed by atoms with Crippen molar-refractivity contribution in [1.29, 1.82) is 0 Å². The Hall–Kier alpha value is -2.96. The minimum atomic E-state index is -0.198. The Kier molecular flexibility index (Phi) is 5.74. The van der Waals surface area contributed by atoms with E-state index in [9.17, 15) is 9.59 Å². The first kappa shape index (κ1) is 19.4. The van der Waals surface area contributed by atoms with Crippen LogP contribution < -0.4 is 15.5 Å². The van der Waals surface area contributed by atoms with Crippen LogP contribution in [-0.2, 0) is 9.59 Å². The Labute approximate surface area is 174 Å². The van der Waals surface area contributed by atoms with Crippen LogP contribution in [0.25, 0.3) is 0 Å². The molecule has 148 valence electrons. The number of carbonyl (C=O) groups excluding carboxylic acids is 2. The van der Waals surface area contributed by atoms with Crippen LogP contribution in [0.2, 0.25) is 0 Å². The fraction of sp³-hybridized carbons (Fsp3) is 0.217. The van der Waals surface area contributed by atoms with Crippen LogP contribution >= 0.6 is 11.3 Å². The molecular weight excluding hydrogens is 382 g/mol. The van der Waals surface area contributed by atoms with Crippen molar-refractivity contribution in [3.63, 3.8) is 0 Å². The molecule has 0 fully saturated rings. The number of nitrogens with zero attached hydrogens (tertiary/aromatic N) is 1. The molecule has 4 rings (SSSR count). The van der Waals surface area contributed by atoms with E-state index in [1.807, 2.05) is 55.5 Å². The number of amides is 2. The number of para-hydroxylation sites is 2. The van der Waals surface area contributed by atoms with Crippen LogP contribution in [0.5, 0.6) is 0 Å². The summed E-state index contributed by atoms with van der Waals surface area (Å²) in [7, 11) is 0. The van der Waals surface area contributed by atoms with E-state index in [2.05, 4.69) is 34.2 Å². The maximum Gasteiger partial charge on any atom is 0.282 e. The Morgan fingerprint density at radius 2 is 1.90 bits per heavy atom. The highest BCUT2D eigenvalue weighted by molar-refractivity contribution is 7.10. The van der Waals surface area contributed by atoms with Gasteiger partial charge >= 0.3 is 0 Å². The number of nitrogens with one attached hydrogen (secondary N) is 1. The molecule has 0 spiro atoms. The second-order valence-electron chi connectivity index (χ2n) is 7.23. The van der Waals surface area contributed by atoms with E-state index in [0.29, 0.717) is 12.2 Å². The van der Waals surface area contributed by atoms with E-state index in [-0.39, 0.29) is 30.3 Å². The minimum absolute atomic E-state index is 0.000984. The summed E-state index contributed by atoms with van der Waals surface area (Å²) in [6.45, 7) is 2.22. The number of hydrogen-bond donors (Lipinski definition) is 2. The number of fused-ring (bicyclic) bond motifs is 1. The fourth-order valence-electron chi connectivity index (χ4n) is 3.83. The maximum atomic E-state index is 13.3. The van der Waals surface area contributed by atoms with Crippen LogP contribution in [-0.4, -0.2) is 24.4 Å². The fourth-order valence-corrected chi connectivity index (χ4v) is 4.68. The number of carbonyl (C=O) groups is 2. The summed E-state index contributed by atoms with van der Waals surface area (Å²) >= 11 is 1.70. The molecule has 29 heavy (non-hydrogen) atoms. The second kappa shape index (κ2) is 8.59. The van der Waals surface area contributed by atoms with Gasteiger partial charge in [0.05, 0.1) is 16.3 Å². The standard InChI is InChI=1S/C23H23N3O2S/c1-16-14-21(27)25-18-10-5-6-11-19(18)26(16)22(28)15-24-23(20-12-7-13-29-20)17-8-3-2-4-9-17/h2-13,16,23-24H,14-15H2,1H3,(H,25,27)/p+1/t16-,23-/m0/s1. The predicted octanol–water partition coefficient (Wildman–Crippen LogP) is 3.16. The number of anilines is 2. The maximum absolute atomic E-state index is 13.3. The van der Waals surface area contributed by atoms with Gasteiger partial charge in [-0.2, -0.15) is 0 Å². The molecule has 2 amide bonds. The molecule has 3 aromatic rings. The van der Waals surface area contributed by atoms with Gasteiger partial charge in [-0.1, -0.05) is 48.5 Å². The van der Waals surface area contributed by atoms with Crippen molar-refractivity contribution in [3.8, 4) is 0 Å². The molecule has 0 unspecified atom stereocenters. The molecule has 1 aliphatic rings. The third-order valence-corrected chi connectivity index (χ3v) is 6.12. The number of nitrogens with two attached hydrogens (primary N) is 1. The van der Waals surface area contributed by atoms with Gasteiger partial charge in [-0.05, 0) is 30.5 Å². The zero-order valence-corrected chi connectivity index (χ0v) is 17.1. The lowest BCUT2D eigenvalue weighted by Gasteiger charge is -2.27. The number of thiophene rings is 1. The molecule has 5 nitrogen and oxygen atoms in total. The van der Waals surface area contributed by atoms with Gasteiger partial charge in [-0.15, -0.1) is 11.3 Å². The predicted molar refractivity (Wildman–Crippen MR) is 116 cm³/mol. The second-order valence-corrected chi connectivity index (χ2v) is 8.21. The first-order valence-corrected chi connectivity index (χ1v) is 10.6. The summed E-state index contributed by atoms with van der Waals surface area (Å²) in [5.41, 5.74) is 2.62. The Balaban J connectivity index is 1.57. The Morgan fingerprint density at radius 1 is 1.14 bits per heavy atom. The molecule has 1 aliphatic heterocycles. The highest BCUT2D eigenvalue weighted by Gasteiger charge is 2.31. The summed E-state index contributed by atoms with van der Waals surface area (Å²) in [6.07, 6.45) is 0.285. The molecule has 3 N–H and O–H groups in total. The van der Waals surface area contributed by atoms with Crippen molar-refractivity contribution in [2.45, 2.75) is 25.4 Å². The van der Waals surface area contributed by atoms with E-state index in [1.165, 1.54) is 10.4 Å². The van der Waals surface area contributed by atoms with Crippen LogP contribution in [0, 0.1) is 0 Å². The van der Waals surface area contributed by atoms with Gasteiger partial charge in [-0.3, -0.25) is 9.59 Å².